The fourth-order valence-corrected chi connectivity index (χ4v) is 2.56. The minimum Gasteiger partial charge on any atom is -0.314 e. The Morgan fingerprint density at radius 3 is 2.75 bits per heavy atom. The lowest BCUT2D eigenvalue weighted by Gasteiger charge is -2.28. The zero-order chi connectivity index (χ0) is 11.5. The Balaban J connectivity index is 2.00. The van der Waals surface area contributed by atoms with Crippen LogP contribution in [0.3, 0.4) is 0 Å². The molecule has 2 unspecified atom stereocenters. The topological polar surface area (TPSA) is 12.0 Å². The normalized spacial score (nSPS) is 25.7. The van der Waals surface area contributed by atoms with Crippen molar-refractivity contribution in [3.05, 3.63) is 34.9 Å². The highest BCUT2D eigenvalue weighted by Gasteiger charge is 2.18. The van der Waals surface area contributed by atoms with Crippen LogP contribution in [0.2, 0.25) is 0 Å². The van der Waals surface area contributed by atoms with Crippen molar-refractivity contribution in [2.24, 2.45) is 5.92 Å². The van der Waals surface area contributed by atoms with Crippen molar-refractivity contribution < 1.29 is 0 Å². The summed E-state index contributed by atoms with van der Waals surface area (Å²) in [6, 6.07) is 7.53. The SMILES string of the molecule is Cc1ccc(C)c(CC2CCC(C)NC2)c1. The highest BCUT2D eigenvalue weighted by molar-refractivity contribution is 5.30. The summed E-state index contributed by atoms with van der Waals surface area (Å²) >= 11 is 0. The van der Waals surface area contributed by atoms with E-state index in [4.69, 9.17) is 0 Å². The maximum absolute atomic E-state index is 3.59. The predicted molar refractivity (Wildman–Crippen MR) is 69.8 cm³/mol. The van der Waals surface area contributed by atoms with E-state index in [1.54, 1.807) is 5.56 Å². The lowest BCUT2D eigenvalue weighted by molar-refractivity contribution is 0.322. The monoisotopic (exact) mass is 217 g/mol. The number of rotatable bonds is 2. The van der Waals surface area contributed by atoms with Crippen LogP contribution in [0.15, 0.2) is 18.2 Å². The summed E-state index contributed by atoms with van der Waals surface area (Å²) < 4.78 is 0. The van der Waals surface area contributed by atoms with Gasteiger partial charge in [0, 0.05) is 6.04 Å². The lowest BCUT2D eigenvalue weighted by atomic mass is 9.88. The van der Waals surface area contributed by atoms with Crippen molar-refractivity contribution in [2.45, 2.75) is 46.1 Å². The van der Waals surface area contributed by atoms with Crippen LogP contribution in [0, 0.1) is 19.8 Å². The van der Waals surface area contributed by atoms with Crippen LogP contribution in [-0.2, 0) is 6.42 Å². The summed E-state index contributed by atoms with van der Waals surface area (Å²) in [6.07, 6.45) is 3.95. The summed E-state index contributed by atoms with van der Waals surface area (Å²) in [5.74, 6) is 0.830. The van der Waals surface area contributed by atoms with Gasteiger partial charge in [0.05, 0.1) is 0 Å². The van der Waals surface area contributed by atoms with E-state index in [9.17, 15) is 0 Å². The largest absolute Gasteiger partial charge is 0.314 e. The van der Waals surface area contributed by atoms with Crippen LogP contribution in [0.1, 0.15) is 36.5 Å². The van der Waals surface area contributed by atoms with Gasteiger partial charge in [0.1, 0.15) is 0 Å². The first-order valence-corrected chi connectivity index (χ1v) is 6.44. The van der Waals surface area contributed by atoms with E-state index < -0.39 is 0 Å². The van der Waals surface area contributed by atoms with E-state index in [1.165, 1.54) is 36.9 Å². The third kappa shape index (κ3) is 2.85. The molecule has 2 rings (SSSR count). The molecule has 0 spiro atoms. The van der Waals surface area contributed by atoms with Crippen LogP contribution in [0.25, 0.3) is 0 Å². The summed E-state index contributed by atoms with van der Waals surface area (Å²) in [5.41, 5.74) is 4.38. The summed E-state index contributed by atoms with van der Waals surface area (Å²) in [7, 11) is 0. The molecule has 0 saturated carbocycles. The molecule has 2 atom stereocenters. The van der Waals surface area contributed by atoms with Gasteiger partial charge >= 0.3 is 0 Å². The number of piperidine rings is 1. The van der Waals surface area contributed by atoms with Gasteiger partial charge in [0.15, 0.2) is 0 Å². The molecular formula is C15H23N. The maximum atomic E-state index is 3.59. The third-order valence-corrected chi connectivity index (χ3v) is 3.78. The fraction of sp³-hybridized carbons (Fsp3) is 0.600. The Hall–Kier alpha value is -0.820. The summed E-state index contributed by atoms with van der Waals surface area (Å²) in [6.45, 7) is 7.89. The van der Waals surface area contributed by atoms with Gasteiger partial charge in [-0.3, -0.25) is 0 Å². The Labute approximate surface area is 99.3 Å². The van der Waals surface area contributed by atoms with E-state index in [2.05, 4.69) is 44.3 Å². The highest BCUT2D eigenvalue weighted by Crippen LogP contribution is 2.21. The quantitative estimate of drug-likeness (QED) is 0.802. The molecule has 0 aromatic heterocycles. The second-order valence-electron chi connectivity index (χ2n) is 5.39. The van der Waals surface area contributed by atoms with Gasteiger partial charge in [-0.25, -0.2) is 0 Å². The molecule has 1 heterocycles. The molecule has 0 aliphatic carbocycles. The molecule has 16 heavy (non-hydrogen) atoms. The number of hydrogen-bond donors (Lipinski definition) is 1. The van der Waals surface area contributed by atoms with E-state index in [-0.39, 0.29) is 0 Å². The molecule has 1 heteroatoms. The molecule has 1 aliphatic rings. The molecular weight excluding hydrogens is 194 g/mol. The minimum absolute atomic E-state index is 0.717. The van der Waals surface area contributed by atoms with Gasteiger partial charge < -0.3 is 5.32 Å². The van der Waals surface area contributed by atoms with Crippen molar-refractivity contribution >= 4 is 0 Å². The van der Waals surface area contributed by atoms with Crippen molar-refractivity contribution in [3.63, 3.8) is 0 Å². The smallest absolute Gasteiger partial charge is 0.00389 e. The van der Waals surface area contributed by atoms with Crippen molar-refractivity contribution in [1.82, 2.24) is 5.32 Å². The first-order valence-electron chi connectivity index (χ1n) is 6.44. The number of aryl methyl sites for hydroxylation is 2. The van der Waals surface area contributed by atoms with E-state index in [1.807, 2.05) is 0 Å². The first kappa shape index (κ1) is 11.7. The number of hydrogen-bond acceptors (Lipinski definition) is 1. The maximum Gasteiger partial charge on any atom is 0.00389 e. The molecule has 1 aromatic carbocycles. The molecule has 1 saturated heterocycles. The second kappa shape index (κ2) is 5.01. The third-order valence-electron chi connectivity index (χ3n) is 3.78. The Morgan fingerprint density at radius 1 is 1.25 bits per heavy atom. The zero-order valence-corrected chi connectivity index (χ0v) is 10.7. The van der Waals surface area contributed by atoms with Crippen molar-refractivity contribution in [1.29, 1.82) is 0 Å². The molecule has 0 radical (unpaired) electrons. The van der Waals surface area contributed by atoms with E-state index in [0.717, 1.165) is 12.0 Å². The molecule has 88 valence electrons. The molecule has 0 bridgehead atoms. The van der Waals surface area contributed by atoms with Gasteiger partial charge in [0.2, 0.25) is 0 Å². The van der Waals surface area contributed by atoms with Crippen LogP contribution in [0.4, 0.5) is 0 Å². The predicted octanol–water partition coefficient (Wildman–Crippen LogP) is 3.23. The fourth-order valence-electron chi connectivity index (χ4n) is 2.56. The molecule has 1 nitrogen and oxygen atoms in total. The molecule has 1 fully saturated rings. The van der Waals surface area contributed by atoms with Gasteiger partial charge in [-0.15, -0.1) is 0 Å². The summed E-state index contributed by atoms with van der Waals surface area (Å²) in [5, 5.41) is 3.59. The van der Waals surface area contributed by atoms with E-state index >= 15 is 0 Å². The lowest BCUT2D eigenvalue weighted by Crippen LogP contribution is -2.37. The standard InChI is InChI=1S/C15H23N/c1-11-4-5-12(2)15(8-11)9-14-7-6-13(3)16-10-14/h4-5,8,13-14,16H,6-7,9-10H2,1-3H3. The number of benzene rings is 1. The van der Waals surface area contributed by atoms with Gasteiger partial charge in [-0.2, -0.15) is 0 Å². The Bertz CT molecular complexity index is 348. The second-order valence-corrected chi connectivity index (χ2v) is 5.39. The van der Waals surface area contributed by atoms with Crippen molar-refractivity contribution in [3.8, 4) is 0 Å². The Morgan fingerprint density at radius 2 is 2.06 bits per heavy atom. The van der Waals surface area contributed by atoms with E-state index in [0.29, 0.717) is 0 Å². The minimum atomic E-state index is 0.717. The first-order chi connectivity index (χ1) is 7.65. The van der Waals surface area contributed by atoms with Crippen LogP contribution >= 0.6 is 0 Å². The molecule has 1 aromatic rings. The highest BCUT2D eigenvalue weighted by atomic mass is 14.9. The van der Waals surface area contributed by atoms with Crippen LogP contribution < -0.4 is 5.32 Å². The van der Waals surface area contributed by atoms with Gasteiger partial charge in [-0.05, 0) is 63.6 Å². The Kier molecular flexibility index (Phi) is 3.65. The molecule has 1 N–H and O–H groups in total. The van der Waals surface area contributed by atoms with Gasteiger partial charge in [0.25, 0.3) is 0 Å². The van der Waals surface area contributed by atoms with Gasteiger partial charge in [-0.1, -0.05) is 23.8 Å². The summed E-state index contributed by atoms with van der Waals surface area (Å²) in [4.78, 5) is 0. The van der Waals surface area contributed by atoms with Crippen molar-refractivity contribution in [2.75, 3.05) is 6.54 Å². The average Bonchev–Trinajstić information content (AvgIpc) is 2.27. The molecule has 1 aliphatic heterocycles. The number of nitrogens with one attached hydrogen (secondary N) is 1. The zero-order valence-electron chi connectivity index (χ0n) is 10.7. The molecule has 0 amide bonds. The van der Waals surface area contributed by atoms with Crippen LogP contribution in [-0.4, -0.2) is 12.6 Å². The van der Waals surface area contributed by atoms with Crippen LogP contribution in [0.5, 0.6) is 0 Å². The average molecular weight is 217 g/mol.